The Kier molecular flexibility index (Phi) is 3.14. The number of pyridine rings is 1. The second-order valence-electron chi connectivity index (χ2n) is 5.19. The third-order valence-corrected chi connectivity index (χ3v) is 3.77. The number of nitrogens with one attached hydrogen (secondary N) is 2. The number of H-pyrrole nitrogens is 1. The van der Waals surface area contributed by atoms with Gasteiger partial charge in [0.15, 0.2) is 0 Å². The van der Waals surface area contributed by atoms with E-state index in [1.54, 1.807) is 19.1 Å². The molecule has 1 atom stereocenters. The van der Waals surface area contributed by atoms with Gasteiger partial charge < -0.3 is 10.3 Å². The Morgan fingerprint density at radius 3 is 2.85 bits per heavy atom. The molecule has 1 aromatic heterocycles. The van der Waals surface area contributed by atoms with Crippen LogP contribution < -0.4 is 10.9 Å². The molecule has 102 valence electrons. The molecule has 0 aliphatic heterocycles. The molecule has 1 aliphatic rings. The lowest BCUT2D eigenvalue weighted by Crippen LogP contribution is -2.35. The van der Waals surface area contributed by atoms with Gasteiger partial charge in [0.2, 0.25) is 0 Å². The van der Waals surface area contributed by atoms with E-state index >= 15 is 0 Å². The summed E-state index contributed by atoms with van der Waals surface area (Å²) in [4.78, 5) is 26.3. The molecule has 4 nitrogen and oxygen atoms in total. The normalized spacial score (nSPS) is 16.1. The Hall–Kier alpha value is -2.36. The van der Waals surface area contributed by atoms with Gasteiger partial charge in [-0.2, -0.15) is 0 Å². The average molecular weight is 268 g/mol. The van der Waals surface area contributed by atoms with Crippen LogP contribution in [0.25, 0.3) is 0 Å². The van der Waals surface area contributed by atoms with Crippen LogP contribution in [-0.2, 0) is 6.42 Å². The highest BCUT2D eigenvalue weighted by atomic mass is 16.2. The number of aryl methyl sites for hydroxylation is 1. The van der Waals surface area contributed by atoms with E-state index in [9.17, 15) is 9.59 Å². The molecular weight excluding hydrogens is 252 g/mol. The maximum absolute atomic E-state index is 12.0. The number of carbonyl (C=O) groups is 1. The molecule has 1 aromatic carbocycles. The lowest BCUT2D eigenvalue weighted by Gasteiger charge is -2.30. The zero-order valence-electron chi connectivity index (χ0n) is 11.3. The molecule has 20 heavy (non-hydrogen) atoms. The highest BCUT2D eigenvalue weighted by Gasteiger charge is 2.25. The molecule has 1 aliphatic carbocycles. The summed E-state index contributed by atoms with van der Waals surface area (Å²) in [5, 5.41) is 2.84. The molecule has 0 fully saturated rings. The summed E-state index contributed by atoms with van der Waals surface area (Å²) in [6, 6.07) is 11.5. The van der Waals surface area contributed by atoms with Crippen molar-refractivity contribution in [2.75, 3.05) is 6.54 Å². The van der Waals surface area contributed by atoms with Crippen molar-refractivity contribution in [3.05, 3.63) is 69.1 Å². The second kappa shape index (κ2) is 4.96. The third-order valence-electron chi connectivity index (χ3n) is 3.77. The van der Waals surface area contributed by atoms with Gasteiger partial charge in [0.25, 0.3) is 11.5 Å². The second-order valence-corrected chi connectivity index (χ2v) is 5.19. The Morgan fingerprint density at radius 1 is 1.30 bits per heavy atom. The lowest BCUT2D eigenvalue weighted by molar-refractivity contribution is 0.0948. The molecule has 0 radical (unpaired) electrons. The van der Waals surface area contributed by atoms with Crippen molar-refractivity contribution in [1.82, 2.24) is 10.3 Å². The summed E-state index contributed by atoms with van der Waals surface area (Å²) in [6.07, 6.45) is 0.987. The summed E-state index contributed by atoms with van der Waals surface area (Å²) >= 11 is 0. The van der Waals surface area contributed by atoms with Gasteiger partial charge in [-0.15, -0.1) is 0 Å². The van der Waals surface area contributed by atoms with Crippen LogP contribution in [0.3, 0.4) is 0 Å². The maximum Gasteiger partial charge on any atom is 0.260 e. The average Bonchev–Trinajstić information content (AvgIpc) is 2.39. The fourth-order valence-corrected chi connectivity index (χ4v) is 2.61. The first-order valence-corrected chi connectivity index (χ1v) is 6.71. The van der Waals surface area contributed by atoms with Crippen molar-refractivity contribution in [2.45, 2.75) is 19.3 Å². The standard InChI is InChI=1S/C16H16N2O2/c1-10-6-7-14(16(20)18-10)15(19)17-9-12-8-11-4-2-3-5-13(11)12/h2-7,12H,8-9H2,1H3,(H,17,19)(H,18,20). The molecule has 0 saturated heterocycles. The lowest BCUT2D eigenvalue weighted by atomic mass is 9.77. The van der Waals surface area contributed by atoms with Gasteiger partial charge in [-0.1, -0.05) is 24.3 Å². The Balaban J connectivity index is 1.65. The van der Waals surface area contributed by atoms with E-state index in [4.69, 9.17) is 0 Å². The quantitative estimate of drug-likeness (QED) is 0.891. The predicted molar refractivity (Wildman–Crippen MR) is 77.0 cm³/mol. The summed E-state index contributed by atoms with van der Waals surface area (Å²) in [5.74, 6) is 0.0512. The minimum absolute atomic E-state index is 0.170. The van der Waals surface area contributed by atoms with Crippen molar-refractivity contribution in [2.24, 2.45) is 0 Å². The van der Waals surface area contributed by atoms with Gasteiger partial charge in [-0.25, -0.2) is 0 Å². The van der Waals surface area contributed by atoms with Crippen LogP contribution in [0.15, 0.2) is 41.2 Å². The molecule has 3 rings (SSSR count). The number of amides is 1. The molecule has 1 unspecified atom stereocenters. The van der Waals surface area contributed by atoms with Gasteiger partial charge in [0.05, 0.1) is 0 Å². The van der Waals surface area contributed by atoms with E-state index in [0.29, 0.717) is 12.5 Å². The first-order valence-electron chi connectivity index (χ1n) is 6.71. The molecule has 0 bridgehead atoms. The molecule has 1 amide bonds. The first-order chi connectivity index (χ1) is 9.65. The number of aromatic amines is 1. The van der Waals surface area contributed by atoms with Crippen LogP contribution >= 0.6 is 0 Å². The van der Waals surface area contributed by atoms with Gasteiger partial charge in [0.1, 0.15) is 5.56 Å². The topological polar surface area (TPSA) is 62.0 Å². The van der Waals surface area contributed by atoms with Crippen LogP contribution in [0.5, 0.6) is 0 Å². The molecule has 2 aromatic rings. The largest absolute Gasteiger partial charge is 0.351 e. The molecule has 1 heterocycles. The van der Waals surface area contributed by atoms with E-state index in [0.717, 1.165) is 12.1 Å². The van der Waals surface area contributed by atoms with Gasteiger partial charge in [-0.05, 0) is 36.6 Å². The van der Waals surface area contributed by atoms with Crippen molar-refractivity contribution < 1.29 is 4.79 Å². The van der Waals surface area contributed by atoms with Crippen molar-refractivity contribution in [3.8, 4) is 0 Å². The minimum Gasteiger partial charge on any atom is -0.351 e. The van der Waals surface area contributed by atoms with Crippen LogP contribution in [0.4, 0.5) is 0 Å². The highest BCUT2D eigenvalue weighted by molar-refractivity contribution is 5.93. The zero-order valence-corrected chi connectivity index (χ0v) is 11.3. The van der Waals surface area contributed by atoms with Crippen LogP contribution in [0.2, 0.25) is 0 Å². The zero-order chi connectivity index (χ0) is 14.1. The smallest absolute Gasteiger partial charge is 0.260 e. The predicted octanol–water partition coefficient (Wildman–Crippen LogP) is 1.75. The summed E-state index contributed by atoms with van der Waals surface area (Å²) in [5.41, 5.74) is 3.23. The Bertz CT molecular complexity index is 718. The molecule has 0 spiro atoms. The van der Waals surface area contributed by atoms with Crippen molar-refractivity contribution in [1.29, 1.82) is 0 Å². The monoisotopic (exact) mass is 268 g/mol. The van der Waals surface area contributed by atoms with E-state index in [1.165, 1.54) is 11.1 Å². The molecule has 4 heteroatoms. The number of rotatable bonds is 3. The van der Waals surface area contributed by atoms with E-state index in [2.05, 4.69) is 22.4 Å². The molecule has 0 saturated carbocycles. The fraction of sp³-hybridized carbons (Fsp3) is 0.250. The first kappa shape index (κ1) is 12.7. The van der Waals surface area contributed by atoms with Gasteiger partial charge >= 0.3 is 0 Å². The van der Waals surface area contributed by atoms with Crippen LogP contribution in [0.1, 0.15) is 33.1 Å². The number of carbonyl (C=O) groups excluding carboxylic acids is 1. The summed E-state index contributed by atoms with van der Waals surface area (Å²) < 4.78 is 0. The third kappa shape index (κ3) is 2.25. The number of benzene rings is 1. The van der Waals surface area contributed by atoms with Crippen LogP contribution in [0, 0.1) is 6.92 Å². The fourth-order valence-electron chi connectivity index (χ4n) is 2.61. The number of aromatic nitrogens is 1. The number of fused-ring (bicyclic) bond motifs is 1. The van der Waals surface area contributed by atoms with E-state index in [-0.39, 0.29) is 17.0 Å². The van der Waals surface area contributed by atoms with E-state index < -0.39 is 0 Å². The maximum atomic E-state index is 12.0. The Morgan fingerprint density at radius 2 is 2.10 bits per heavy atom. The SMILES string of the molecule is Cc1ccc(C(=O)NCC2Cc3ccccc32)c(=O)[nH]1. The van der Waals surface area contributed by atoms with E-state index in [1.807, 2.05) is 12.1 Å². The highest BCUT2D eigenvalue weighted by Crippen LogP contribution is 2.33. The number of hydrogen-bond donors (Lipinski definition) is 2. The van der Waals surface area contributed by atoms with Crippen molar-refractivity contribution >= 4 is 5.91 Å². The molecular formula is C16H16N2O2. The Labute approximate surface area is 116 Å². The minimum atomic E-state index is -0.337. The number of hydrogen-bond acceptors (Lipinski definition) is 2. The van der Waals surface area contributed by atoms with Gasteiger partial charge in [0, 0.05) is 18.2 Å². The molecule has 2 N–H and O–H groups in total. The van der Waals surface area contributed by atoms with Crippen molar-refractivity contribution in [3.63, 3.8) is 0 Å². The summed E-state index contributed by atoms with van der Waals surface area (Å²) in [7, 11) is 0. The van der Waals surface area contributed by atoms with Crippen LogP contribution in [-0.4, -0.2) is 17.4 Å². The summed E-state index contributed by atoms with van der Waals surface area (Å²) in [6.45, 7) is 2.36. The van der Waals surface area contributed by atoms with Gasteiger partial charge in [-0.3, -0.25) is 9.59 Å².